The lowest BCUT2D eigenvalue weighted by Gasteiger charge is -2.18. The van der Waals surface area contributed by atoms with Crippen molar-refractivity contribution in [1.82, 2.24) is 14.1 Å². The second-order valence-electron chi connectivity index (χ2n) is 14.6. The van der Waals surface area contributed by atoms with Crippen LogP contribution in [0.1, 0.15) is 56.2 Å². The maximum absolute atomic E-state index is 6.47. The van der Waals surface area contributed by atoms with Crippen molar-refractivity contribution >= 4 is 49.6 Å². The standard InChI is InChI=1S/C47H44N4O/c1-5-11-33(12-6-2)42-29-52-47(49-42)35-25-34(32-13-8-7-9-14-32)26-37(27-35)50-43-20-16-30(3)23-40(43)38-19-18-36(28-45(38)50)51-44-21-17-31(4)24-41(44)39-15-10-22-48-46(39)51/h7-10,13-28,33,42H,5-6,11-12,29H2,1-4H3/t42-/m0/s1. The molecule has 4 heterocycles. The summed E-state index contributed by atoms with van der Waals surface area (Å²) in [5, 5.41) is 4.83. The summed E-state index contributed by atoms with van der Waals surface area (Å²) in [6.45, 7) is 9.52. The van der Waals surface area contributed by atoms with Gasteiger partial charge in [-0.1, -0.05) is 86.3 Å². The van der Waals surface area contributed by atoms with Gasteiger partial charge in [-0.25, -0.2) is 9.98 Å². The number of ether oxygens (including phenoxy) is 1. The minimum atomic E-state index is 0.195. The lowest BCUT2D eigenvalue weighted by atomic mass is 9.91. The summed E-state index contributed by atoms with van der Waals surface area (Å²) in [7, 11) is 0. The molecule has 8 aromatic rings. The zero-order chi connectivity index (χ0) is 35.3. The predicted octanol–water partition coefficient (Wildman–Crippen LogP) is 11.9. The fraction of sp³-hybridized carbons (Fsp3) is 0.234. The summed E-state index contributed by atoms with van der Waals surface area (Å²) in [6, 6.07) is 42.3. The highest BCUT2D eigenvalue weighted by atomic mass is 16.5. The molecule has 0 bridgehead atoms. The first-order valence-corrected chi connectivity index (χ1v) is 18.8. The molecule has 0 N–H and O–H groups in total. The number of hydrogen-bond acceptors (Lipinski definition) is 3. The van der Waals surface area contributed by atoms with Gasteiger partial charge in [0.05, 0.1) is 22.6 Å². The van der Waals surface area contributed by atoms with Crippen LogP contribution in [0, 0.1) is 19.8 Å². The Labute approximate surface area is 305 Å². The highest BCUT2D eigenvalue weighted by Gasteiger charge is 2.28. The lowest BCUT2D eigenvalue weighted by Crippen LogP contribution is -2.19. The van der Waals surface area contributed by atoms with E-state index in [1.54, 1.807) is 0 Å². The molecular formula is C47H44N4O. The van der Waals surface area contributed by atoms with E-state index in [4.69, 9.17) is 14.7 Å². The summed E-state index contributed by atoms with van der Waals surface area (Å²) >= 11 is 0. The summed E-state index contributed by atoms with van der Waals surface area (Å²) in [4.78, 5) is 10.2. The van der Waals surface area contributed by atoms with Crippen LogP contribution in [0.4, 0.5) is 0 Å². The van der Waals surface area contributed by atoms with E-state index in [9.17, 15) is 0 Å². The number of fused-ring (bicyclic) bond motifs is 6. The Bertz CT molecular complexity index is 2640. The van der Waals surface area contributed by atoms with E-state index >= 15 is 0 Å². The van der Waals surface area contributed by atoms with E-state index in [-0.39, 0.29) is 6.04 Å². The molecule has 52 heavy (non-hydrogen) atoms. The van der Waals surface area contributed by atoms with Gasteiger partial charge in [-0.2, -0.15) is 0 Å². The number of pyridine rings is 1. The van der Waals surface area contributed by atoms with E-state index in [2.05, 4.69) is 146 Å². The monoisotopic (exact) mass is 680 g/mol. The fourth-order valence-electron chi connectivity index (χ4n) is 8.48. The van der Waals surface area contributed by atoms with Crippen LogP contribution in [0.3, 0.4) is 0 Å². The zero-order valence-electron chi connectivity index (χ0n) is 30.4. The number of aliphatic imine (C=N–C) groups is 1. The zero-order valence-corrected chi connectivity index (χ0v) is 30.4. The highest BCUT2D eigenvalue weighted by Crippen LogP contribution is 2.38. The van der Waals surface area contributed by atoms with Gasteiger partial charge in [0.15, 0.2) is 0 Å². The molecule has 5 nitrogen and oxygen atoms in total. The van der Waals surface area contributed by atoms with Crippen LogP contribution in [-0.2, 0) is 4.74 Å². The van der Waals surface area contributed by atoms with Crippen LogP contribution in [0.5, 0.6) is 0 Å². The first kappa shape index (κ1) is 32.2. The molecule has 0 aliphatic carbocycles. The van der Waals surface area contributed by atoms with Crippen molar-refractivity contribution in [3.8, 4) is 22.5 Å². The third kappa shape index (κ3) is 5.47. The Hall–Kier alpha value is -5.68. The van der Waals surface area contributed by atoms with Crippen molar-refractivity contribution in [3.63, 3.8) is 0 Å². The molecular weight excluding hydrogens is 637 g/mol. The molecule has 5 aromatic carbocycles. The predicted molar refractivity (Wildman–Crippen MR) is 217 cm³/mol. The maximum atomic E-state index is 6.47. The number of aromatic nitrogens is 3. The summed E-state index contributed by atoms with van der Waals surface area (Å²) in [5.74, 6) is 1.30. The smallest absolute Gasteiger partial charge is 0.216 e. The van der Waals surface area contributed by atoms with Gasteiger partial charge < -0.3 is 9.30 Å². The minimum Gasteiger partial charge on any atom is -0.475 e. The molecule has 0 spiro atoms. The van der Waals surface area contributed by atoms with Crippen LogP contribution in [-0.4, -0.2) is 32.7 Å². The first-order valence-electron chi connectivity index (χ1n) is 18.8. The van der Waals surface area contributed by atoms with E-state index in [0.717, 1.165) is 50.5 Å². The second kappa shape index (κ2) is 13.1. The van der Waals surface area contributed by atoms with Crippen molar-refractivity contribution in [2.75, 3.05) is 6.61 Å². The van der Waals surface area contributed by atoms with E-state index in [0.29, 0.717) is 12.5 Å². The molecule has 0 saturated heterocycles. The maximum Gasteiger partial charge on any atom is 0.216 e. The molecule has 0 fully saturated rings. The lowest BCUT2D eigenvalue weighted by molar-refractivity contribution is 0.261. The SMILES string of the molecule is CCCC(CCC)[C@@H]1COC(c2cc(-c3ccccc3)cc(-n3c4ccc(C)cc4c4ccc(-n5c6ccc(C)cc6c6cccnc65)cc43)c2)=N1. The number of nitrogens with zero attached hydrogens (tertiary/aromatic N) is 4. The van der Waals surface area contributed by atoms with E-state index in [1.807, 2.05) is 12.3 Å². The second-order valence-corrected chi connectivity index (χ2v) is 14.6. The Kier molecular flexibility index (Phi) is 8.15. The molecule has 9 rings (SSSR count). The number of hydrogen-bond donors (Lipinski definition) is 0. The topological polar surface area (TPSA) is 44.3 Å². The molecule has 1 atom stereocenters. The van der Waals surface area contributed by atoms with E-state index < -0.39 is 0 Å². The van der Waals surface area contributed by atoms with Crippen LogP contribution >= 0.6 is 0 Å². The molecule has 0 radical (unpaired) electrons. The van der Waals surface area contributed by atoms with Crippen LogP contribution in [0.25, 0.3) is 66.2 Å². The quantitative estimate of drug-likeness (QED) is 0.152. The normalized spacial score (nSPS) is 14.6. The average molecular weight is 681 g/mol. The molecule has 0 saturated carbocycles. The fourth-order valence-corrected chi connectivity index (χ4v) is 8.48. The van der Waals surface area contributed by atoms with Crippen LogP contribution in [0.15, 0.2) is 126 Å². The van der Waals surface area contributed by atoms with Crippen molar-refractivity contribution in [2.45, 2.75) is 59.4 Å². The third-order valence-corrected chi connectivity index (χ3v) is 10.9. The van der Waals surface area contributed by atoms with Gasteiger partial charge in [-0.3, -0.25) is 4.57 Å². The highest BCUT2D eigenvalue weighted by molar-refractivity contribution is 6.12. The van der Waals surface area contributed by atoms with Crippen molar-refractivity contribution in [3.05, 3.63) is 138 Å². The molecule has 0 unspecified atom stereocenters. The molecule has 0 amide bonds. The summed E-state index contributed by atoms with van der Waals surface area (Å²) < 4.78 is 11.2. The number of rotatable bonds is 9. The van der Waals surface area contributed by atoms with Crippen LogP contribution in [0.2, 0.25) is 0 Å². The van der Waals surface area contributed by atoms with Gasteiger partial charge in [0.25, 0.3) is 0 Å². The van der Waals surface area contributed by atoms with Crippen molar-refractivity contribution in [1.29, 1.82) is 0 Å². The van der Waals surface area contributed by atoms with Crippen molar-refractivity contribution in [2.24, 2.45) is 10.9 Å². The van der Waals surface area contributed by atoms with Gasteiger partial charge in [0.2, 0.25) is 5.90 Å². The van der Waals surface area contributed by atoms with Gasteiger partial charge in [0.1, 0.15) is 12.3 Å². The third-order valence-electron chi connectivity index (χ3n) is 10.9. The molecule has 258 valence electrons. The Morgan fingerprint density at radius 2 is 1.33 bits per heavy atom. The Morgan fingerprint density at radius 3 is 2.08 bits per heavy atom. The molecule has 5 heteroatoms. The molecule has 3 aromatic heterocycles. The van der Waals surface area contributed by atoms with Gasteiger partial charge >= 0.3 is 0 Å². The Morgan fingerprint density at radius 1 is 0.615 bits per heavy atom. The minimum absolute atomic E-state index is 0.195. The van der Waals surface area contributed by atoms with Crippen LogP contribution < -0.4 is 0 Å². The summed E-state index contributed by atoms with van der Waals surface area (Å²) in [5.41, 5.74) is 12.4. The summed E-state index contributed by atoms with van der Waals surface area (Å²) in [6.07, 6.45) is 6.58. The Balaban J connectivity index is 1.29. The van der Waals surface area contributed by atoms with Gasteiger partial charge in [-0.15, -0.1) is 0 Å². The number of aryl methyl sites for hydroxylation is 2. The van der Waals surface area contributed by atoms with E-state index in [1.165, 1.54) is 64.0 Å². The largest absolute Gasteiger partial charge is 0.475 e. The van der Waals surface area contributed by atoms with Crippen molar-refractivity contribution < 1.29 is 4.74 Å². The molecule has 1 aliphatic rings. The van der Waals surface area contributed by atoms with Gasteiger partial charge in [-0.05, 0) is 110 Å². The number of benzene rings is 5. The molecule has 1 aliphatic heterocycles. The first-order chi connectivity index (χ1) is 25.5. The average Bonchev–Trinajstić information content (AvgIpc) is 3.88. The van der Waals surface area contributed by atoms with Gasteiger partial charge in [0, 0.05) is 44.7 Å².